The highest BCUT2D eigenvalue weighted by Gasteiger charge is 2.19. The summed E-state index contributed by atoms with van der Waals surface area (Å²) in [4.78, 5) is 19.5. The number of nitrogens with zero attached hydrogens (tertiary/aromatic N) is 5. The lowest BCUT2D eigenvalue weighted by Gasteiger charge is -2.32. The zero-order valence-electron chi connectivity index (χ0n) is 16.8. The Morgan fingerprint density at radius 2 is 2.21 bits per heavy atom. The lowest BCUT2D eigenvalue weighted by molar-refractivity contribution is 0.102. The number of amides is 1. The van der Waals surface area contributed by atoms with Crippen LogP contribution in [-0.4, -0.2) is 57.8 Å². The monoisotopic (exact) mass is 395 g/mol. The minimum atomic E-state index is -0.306. The molecule has 0 saturated carbocycles. The van der Waals surface area contributed by atoms with Gasteiger partial charge in [0.15, 0.2) is 11.6 Å². The second-order valence-corrected chi connectivity index (χ2v) is 7.16. The van der Waals surface area contributed by atoms with E-state index in [1.807, 2.05) is 30.5 Å². The molecule has 9 nitrogen and oxygen atoms in total. The van der Waals surface area contributed by atoms with Gasteiger partial charge in [0.05, 0.1) is 17.9 Å². The van der Waals surface area contributed by atoms with E-state index in [4.69, 9.17) is 4.74 Å². The first-order valence-electron chi connectivity index (χ1n) is 9.79. The number of rotatable bonds is 5. The van der Waals surface area contributed by atoms with E-state index in [1.54, 1.807) is 18.3 Å². The van der Waals surface area contributed by atoms with Crippen LogP contribution >= 0.6 is 0 Å². The summed E-state index contributed by atoms with van der Waals surface area (Å²) in [5, 5.41) is 14.7. The molecule has 1 saturated heterocycles. The van der Waals surface area contributed by atoms with Gasteiger partial charge < -0.3 is 24.7 Å². The molecule has 4 rings (SSSR count). The number of anilines is 2. The van der Waals surface area contributed by atoms with Gasteiger partial charge in [-0.2, -0.15) is 0 Å². The van der Waals surface area contributed by atoms with Crippen molar-refractivity contribution in [2.24, 2.45) is 0 Å². The number of pyridine rings is 1. The summed E-state index contributed by atoms with van der Waals surface area (Å²) in [5.41, 5.74) is 2.02. The lowest BCUT2D eigenvalue weighted by Crippen LogP contribution is -2.49. The number of carbonyl (C=O) groups is 1. The summed E-state index contributed by atoms with van der Waals surface area (Å²) in [7, 11) is 0. The highest BCUT2D eigenvalue weighted by molar-refractivity contribution is 6.05. The molecular formula is C20H25N7O2. The predicted molar refractivity (Wildman–Crippen MR) is 111 cm³/mol. The number of ether oxygens (including phenoxy) is 1. The average Bonchev–Trinajstić information content (AvgIpc) is 3.07. The van der Waals surface area contributed by atoms with Crippen LogP contribution in [0.4, 0.5) is 11.6 Å². The highest BCUT2D eigenvalue weighted by Crippen LogP contribution is 2.23. The van der Waals surface area contributed by atoms with Crippen molar-refractivity contribution < 1.29 is 9.53 Å². The van der Waals surface area contributed by atoms with Crippen molar-refractivity contribution in [3.05, 3.63) is 41.9 Å². The van der Waals surface area contributed by atoms with Crippen LogP contribution in [0.1, 0.15) is 29.9 Å². The van der Waals surface area contributed by atoms with Crippen molar-refractivity contribution in [2.45, 2.75) is 26.8 Å². The van der Waals surface area contributed by atoms with E-state index >= 15 is 0 Å². The molecule has 0 aromatic carbocycles. The Bertz CT molecular complexity index is 1020. The molecule has 152 valence electrons. The van der Waals surface area contributed by atoms with Crippen LogP contribution in [0.2, 0.25) is 0 Å². The van der Waals surface area contributed by atoms with Gasteiger partial charge >= 0.3 is 0 Å². The van der Waals surface area contributed by atoms with Crippen LogP contribution in [0.3, 0.4) is 0 Å². The molecule has 1 fully saturated rings. The fraction of sp³-hybridized carbons (Fsp3) is 0.400. The second kappa shape index (κ2) is 8.04. The van der Waals surface area contributed by atoms with Crippen LogP contribution in [0.25, 0.3) is 5.65 Å². The quantitative estimate of drug-likeness (QED) is 0.681. The van der Waals surface area contributed by atoms with Gasteiger partial charge in [-0.1, -0.05) is 0 Å². The van der Waals surface area contributed by atoms with E-state index < -0.39 is 0 Å². The molecular weight excluding hydrogens is 370 g/mol. The maximum absolute atomic E-state index is 12.9. The van der Waals surface area contributed by atoms with Gasteiger partial charge in [-0.05, 0) is 32.9 Å². The largest absolute Gasteiger partial charge is 0.493 e. The number of aryl methyl sites for hydroxylation is 1. The minimum absolute atomic E-state index is 0.306. The van der Waals surface area contributed by atoms with Crippen molar-refractivity contribution in [1.82, 2.24) is 24.9 Å². The van der Waals surface area contributed by atoms with Gasteiger partial charge in [0, 0.05) is 44.1 Å². The molecule has 0 radical (unpaired) electrons. The summed E-state index contributed by atoms with van der Waals surface area (Å²) >= 11 is 0. The summed E-state index contributed by atoms with van der Waals surface area (Å²) < 4.78 is 7.47. The smallest absolute Gasteiger partial charge is 0.262 e. The van der Waals surface area contributed by atoms with Crippen molar-refractivity contribution in [1.29, 1.82) is 0 Å². The van der Waals surface area contributed by atoms with E-state index in [0.29, 0.717) is 29.8 Å². The third-order valence-corrected chi connectivity index (χ3v) is 4.80. The van der Waals surface area contributed by atoms with E-state index in [2.05, 4.69) is 37.6 Å². The molecule has 4 heterocycles. The molecule has 29 heavy (non-hydrogen) atoms. The Balaban J connectivity index is 1.53. The molecule has 9 heteroatoms. The molecule has 0 aliphatic carbocycles. The molecule has 3 aromatic rings. The SMILES string of the molecule is CCOc1cc2nc(C)cn2cc1C(=O)Nc1ccc(N2CCNC(C)C2)nn1. The van der Waals surface area contributed by atoms with Crippen LogP contribution in [-0.2, 0) is 0 Å². The standard InChI is InChI=1S/C20H25N7O2/c1-4-29-16-9-19-22-14(3)11-27(19)12-15(16)20(28)23-17-5-6-18(25-24-17)26-8-7-21-13(2)10-26/h5-6,9,11-13,21H,4,7-8,10H2,1-3H3,(H,23,24,28). The average molecular weight is 395 g/mol. The Morgan fingerprint density at radius 3 is 2.93 bits per heavy atom. The van der Waals surface area contributed by atoms with Crippen LogP contribution in [0.5, 0.6) is 5.75 Å². The lowest BCUT2D eigenvalue weighted by atomic mass is 10.2. The first kappa shape index (κ1) is 19.1. The molecule has 2 N–H and O–H groups in total. The molecule has 1 aliphatic rings. The molecule has 1 unspecified atom stereocenters. The normalized spacial score (nSPS) is 16.8. The third kappa shape index (κ3) is 4.14. The molecule has 3 aromatic heterocycles. The van der Waals surface area contributed by atoms with Gasteiger partial charge in [-0.3, -0.25) is 4.79 Å². The molecule has 0 bridgehead atoms. The number of carbonyl (C=O) groups excluding carboxylic acids is 1. The minimum Gasteiger partial charge on any atom is -0.493 e. The second-order valence-electron chi connectivity index (χ2n) is 7.16. The van der Waals surface area contributed by atoms with Gasteiger partial charge in [-0.25, -0.2) is 4.98 Å². The van der Waals surface area contributed by atoms with E-state index in [9.17, 15) is 4.79 Å². The molecule has 1 aliphatic heterocycles. The number of nitrogens with one attached hydrogen (secondary N) is 2. The van der Waals surface area contributed by atoms with Gasteiger partial charge in [0.1, 0.15) is 11.4 Å². The topological polar surface area (TPSA) is 96.7 Å². The Kier molecular flexibility index (Phi) is 5.30. The zero-order valence-corrected chi connectivity index (χ0v) is 16.8. The number of hydrogen-bond acceptors (Lipinski definition) is 7. The van der Waals surface area contributed by atoms with E-state index in [-0.39, 0.29) is 5.91 Å². The maximum Gasteiger partial charge on any atom is 0.262 e. The van der Waals surface area contributed by atoms with Crippen molar-refractivity contribution in [3.8, 4) is 5.75 Å². The first-order chi connectivity index (χ1) is 14.0. The van der Waals surface area contributed by atoms with Gasteiger partial charge in [0.25, 0.3) is 5.91 Å². The number of hydrogen-bond donors (Lipinski definition) is 2. The summed E-state index contributed by atoms with van der Waals surface area (Å²) in [6.07, 6.45) is 3.59. The van der Waals surface area contributed by atoms with E-state index in [1.165, 1.54) is 0 Å². The molecule has 0 spiro atoms. The Labute approximate surface area is 169 Å². The highest BCUT2D eigenvalue weighted by atomic mass is 16.5. The van der Waals surface area contributed by atoms with Crippen LogP contribution in [0, 0.1) is 6.92 Å². The van der Waals surface area contributed by atoms with E-state index in [0.717, 1.165) is 36.8 Å². The fourth-order valence-electron chi connectivity index (χ4n) is 3.47. The zero-order chi connectivity index (χ0) is 20.4. The maximum atomic E-state index is 12.9. The Morgan fingerprint density at radius 1 is 1.34 bits per heavy atom. The number of aromatic nitrogens is 4. The van der Waals surface area contributed by atoms with Gasteiger partial charge in [-0.15, -0.1) is 10.2 Å². The Hall–Kier alpha value is -3.20. The molecule has 1 atom stereocenters. The first-order valence-corrected chi connectivity index (χ1v) is 9.79. The summed E-state index contributed by atoms with van der Waals surface area (Å²) in [6, 6.07) is 5.83. The fourth-order valence-corrected chi connectivity index (χ4v) is 3.47. The van der Waals surface area contributed by atoms with Crippen molar-refractivity contribution in [3.63, 3.8) is 0 Å². The number of piperazine rings is 1. The van der Waals surface area contributed by atoms with Crippen LogP contribution in [0.15, 0.2) is 30.6 Å². The summed E-state index contributed by atoms with van der Waals surface area (Å²) in [6.45, 7) is 9.05. The predicted octanol–water partition coefficient (Wildman–Crippen LogP) is 1.88. The van der Waals surface area contributed by atoms with Gasteiger partial charge in [0.2, 0.25) is 0 Å². The van der Waals surface area contributed by atoms with Crippen molar-refractivity contribution >= 4 is 23.2 Å². The van der Waals surface area contributed by atoms with Crippen molar-refractivity contribution in [2.75, 3.05) is 36.5 Å². The number of imidazole rings is 1. The van der Waals surface area contributed by atoms with Crippen LogP contribution < -0.4 is 20.3 Å². The molecule has 1 amide bonds. The number of fused-ring (bicyclic) bond motifs is 1. The summed E-state index contributed by atoms with van der Waals surface area (Å²) in [5.74, 6) is 1.38. The third-order valence-electron chi connectivity index (χ3n) is 4.80.